The molecule has 0 aromatic heterocycles. The maximum absolute atomic E-state index is 10.5. The van der Waals surface area contributed by atoms with Crippen molar-refractivity contribution in [2.75, 3.05) is 6.61 Å². The van der Waals surface area contributed by atoms with E-state index in [-0.39, 0.29) is 11.9 Å². The minimum absolute atomic E-state index is 0.225. The Morgan fingerprint density at radius 1 is 1.88 bits per heavy atom. The Balaban J connectivity index is 2.32. The van der Waals surface area contributed by atoms with E-state index in [2.05, 4.69) is 0 Å². The van der Waals surface area contributed by atoms with Crippen molar-refractivity contribution in [2.45, 2.75) is 25.9 Å². The van der Waals surface area contributed by atoms with Crippen LogP contribution < -0.4 is 0 Å². The number of hydrogen-bond acceptors (Lipinski definition) is 2. The summed E-state index contributed by atoms with van der Waals surface area (Å²) in [6.07, 6.45) is 1.82. The van der Waals surface area contributed by atoms with Gasteiger partial charge in [0.15, 0.2) is 5.78 Å². The second-order valence-corrected chi connectivity index (χ2v) is 2.08. The van der Waals surface area contributed by atoms with Crippen molar-refractivity contribution >= 4 is 5.78 Å². The Morgan fingerprint density at radius 3 is 2.88 bits per heavy atom. The van der Waals surface area contributed by atoms with E-state index < -0.39 is 0 Å². The number of carbonyl (C=O) groups is 1. The molecule has 8 heavy (non-hydrogen) atoms. The number of hydrogen-bond donors (Lipinski definition) is 0. The first-order chi connectivity index (χ1) is 3.83. The average Bonchev–Trinajstić information content (AvgIpc) is 2.14. The summed E-state index contributed by atoms with van der Waals surface area (Å²) < 4.78 is 5.06. The zero-order chi connectivity index (χ0) is 5.98. The summed E-state index contributed by atoms with van der Waals surface area (Å²) in [5.74, 6) is 0.247. The maximum Gasteiger partial charge on any atom is 0.161 e. The molecular formula is C6H10O2. The lowest BCUT2D eigenvalue weighted by molar-refractivity contribution is -0.117. The van der Waals surface area contributed by atoms with Crippen molar-refractivity contribution in [3.05, 3.63) is 0 Å². The minimum Gasteiger partial charge on any atom is -0.370 e. The molecule has 1 aliphatic heterocycles. The average molecular weight is 114 g/mol. The summed E-state index contributed by atoms with van der Waals surface area (Å²) in [4.78, 5) is 10.5. The van der Waals surface area contributed by atoms with Crippen LogP contribution in [0.25, 0.3) is 0 Å². The molecule has 1 atom stereocenters. The van der Waals surface area contributed by atoms with E-state index in [4.69, 9.17) is 4.74 Å². The standard InChI is InChI=1S/C6H10O2/c1-2-6-3-5(7)4-8-6/h6H,2-4H2,1H3/t6-/m0/s1. The van der Waals surface area contributed by atoms with Crippen LogP contribution in [0.15, 0.2) is 0 Å². The summed E-state index contributed by atoms with van der Waals surface area (Å²) in [6.45, 7) is 2.38. The fourth-order valence-corrected chi connectivity index (χ4v) is 0.845. The van der Waals surface area contributed by atoms with Gasteiger partial charge in [0.2, 0.25) is 0 Å². The zero-order valence-electron chi connectivity index (χ0n) is 5.02. The van der Waals surface area contributed by atoms with Crippen LogP contribution in [0.2, 0.25) is 0 Å². The second-order valence-electron chi connectivity index (χ2n) is 2.08. The van der Waals surface area contributed by atoms with Crippen LogP contribution in [0, 0.1) is 0 Å². The van der Waals surface area contributed by atoms with Crippen LogP contribution in [0.3, 0.4) is 0 Å². The number of ether oxygens (including phenoxy) is 1. The molecule has 0 saturated carbocycles. The van der Waals surface area contributed by atoms with Gasteiger partial charge in [-0.2, -0.15) is 0 Å². The third kappa shape index (κ3) is 1.07. The molecule has 0 spiro atoms. The van der Waals surface area contributed by atoms with Gasteiger partial charge in [-0.15, -0.1) is 0 Å². The largest absolute Gasteiger partial charge is 0.370 e. The van der Waals surface area contributed by atoms with E-state index >= 15 is 0 Å². The van der Waals surface area contributed by atoms with Gasteiger partial charge in [-0.1, -0.05) is 6.92 Å². The normalized spacial score (nSPS) is 29.1. The Morgan fingerprint density at radius 2 is 2.62 bits per heavy atom. The van der Waals surface area contributed by atoms with Gasteiger partial charge in [-0.3, -0.25) is 4.79 Å². The van der Waals surface area contributed by atoms with E-state index in [0.29, 0.717) is 13.0 Å². The number of Topliss-reactive ketones (excluding diaryl/α,β-unsaturated/α-hetero) is 1. The van der Waals surface area contributed by atoms with Crippen LogP contribution in [0.1, 0.15) is 19.8 Å². The second kappa shape index (κ2) is 2.27. The molecule has 0 N–H and O–H groups in total. The molecule has 0 aliphatic carbocycles. The van der Waals surface area contributed by atoms with Crippen molar-refractivity contribution in [1.29, 1.82) is 0 Å². The molecule has 0 bridgehead atoms. The third-order valence-corrected chi connectivity index (χ3v) is 1.39. The van der Waals surface area contributed by atoms with Gasteiger partial charge in [0.25, 0.3) is 0 Å². The quantitative estimate of drug-likeness (QED) is 0.503. The van der Waals surface area contributed by atoms with Gasteiger partial charge >= 0.3 is 0 Å². The first kappa shape index (κ1) is 5.76. The summed E-state index contributed by atoms with van der Waals surface area (Å²) in [7, 11) is 0. The fraction of sp³-hybridized carbons (Fsp3) is 0.833. The van der Waals surface area contributed by atoms with Gasteiger partial charge in [0, 0.05) is 6.42 Å². The van der Waals surface area contributed by atoms with Gasteiger partial charge in [0.1, 0.15) is 6.61 Å². The molecule has 1 aliphatic rings. The molecule has 46 valence electrons. The summed E-state index contributed by atoms with van der Waals surface area (Å²) >= 11 is 0. The van der Waals surface area contributed by atoms with Crippen molar-refractivity contribution in [3.8, 4) is 0 Å². The highest BCUT2D eigenvalue weighted by molar-refractivity contribution is 5.81. The zero-order valence-corrected chi connectivity index (χ0v) is 5.02. The van der Waals surface area contributed by atoms with Crippen molar-refractivity contribution < 1.29 is 9.53 Å². The first-order valence-corrected chi connectivity index (χ1v) is 2.96. The molecule has 1 fully saturated rings. The van der Waals surface area contributed by atoms with Crippen molar-refractivity contribution in [2.24, 2.45) is 0 Å². The topological polar surface area (TPSA) is 26.3 Å². The van der Waals surface area contributed by atoms with E-state index in [0.717, 1.165) is 6.42 Å². The highest BCUT2D eigenvalue weighted by Crippen LogP contribution is 2.10. The predicted octanol–water partition coefficient (Wildman–Crippen LogP) is 0.754. The van der Waals surface area contributed by atoms with Crippen LogP contribution >= 0.6 is 0 Å². The van der Waals surface area contributed by atoms with E-state index in [1.807, 2.05) is 6.92 Å². The number of ketones is 1. The molecular weight excluding hydrogens is 104 g/mol. The molecule has 0 aromatic rings. The molecule has 0 radical (unpaired) electrons. The Hall–Kier alpha value is -0.370. The predicted molar refractivity (Wildman–Crippen MR) is 29.7 cm³/mol. The van der Waals surface area contributed by atoms with Gasteiger partial charge in [-0.25, -0.2) is 0 Å². The first-order valence-electron chi connectivity index (χ1n) is 2.96. The Kier molecular flexibility index (Phi) is 1.63. The monoisotopic (exact) mass is 114 g/mol. The lowest BCUT2D eigenvalue weighted by atomic mass is 10.2. The van der Waals surface area contributed by atoms with Crippen LogP contribution in [-0.2, 0) is 9.53 Å². The molecule has 2 nitrogen and oxygen atoms in total. The van der Waals surface area contributed by atoms with Gasteiger partial charge < -0.3 is 4.74 Å². The van der Waals surface area contributed by atoms with Gasteiger partial charge in [0.05, 0.1) is 6.10 Å². The highest BCUT2D eigenvalue weighted by atomic mass is 16.5. The summed E-state index contributed by atoms with van der Waals surface area (Å²) in [5, 5.41) is 0. The van der Waals surface area contributed by atoms with E-state index in [1.165, 1.54) is 0 Å². The summed E-state index contributed by atoms with van der Waals surface area (Å²) in [6, 6.07) is 0. The molecule has 0 aromatic carbocycles. The third-order valence-electron chi connectivity index (χ3n) is 1.39. The van der Waals surface area contributed by atoms with E-state index in [9.17, 15) is 4.79 Å². The Labute approximate surface area is 48.8 Å². The molecule has 0 unspecified atom stereocenters. The van der Waals surface area contributed by atoms with Crippen molar-refractivity contribution in [3.63, 3.8) is 0 Å². The van der Waals surface area contributed by atoms with Gasteiger partial charge in [-0.05, 0) is 6.42 Å². The maximum atomic E-state index is 10.5. The van der Waals surface area contributed by atoms with E-state index in [1.54, 1.807) is 0 Å². The molecule has 1 rings (SSSR count). The lowest BCUT2D eigenvalue weighted by Gasteiger charge is -1.99. The molecule has 2 heteroatoms. The lowest BCUT2D eigenvalue weighted by Crippen LogP contribution is -2.00. The summed E-state index contributed by atoms with van der Waals surface area (Å²) in [5.41, 5.74) is 0. The Bertz CT molecular complexity index is 98.7. The van der Waals surface area contributed by atoms with Crippen LogP contribution in [0.4, 0.5) is 0 Å². The van der Waals surface area contributed by atoms with Crippen molar-refractivity contribution in [1.82, 2.24) is 0 Å². The highest BCUT2D eigenvalue weighted by Gasteiger charge is 2.20. The molecule has 1 saturated heterocycles. The number of rotatable bonds is 1. The smallest absolute Gasteiger partial charge is 0.161 e. The minimum atomic E-state index is 0.225. The number of carbonyl (C=O) groups excluding carboxylic acids is 1. The SMILES string of the molecule is CC[C@H]1CC(=O)CO1. The fourth-order valence-electron chi connectivity index (χ4n) is 0.845. The molecule has 1 heterocycles. The molecule has 0 amide bonds. The van der Waals surface area contributed by atoms with Crippen LogP contribution in [0.5, 0.6) is 0 Å². The van der Waals surface area contributed by atoms with Crippen LogP contribution in [-0.4, -0.2) is 18.5 Å².